The molecule has 0 spiro atoms. The lowest BCUT2D eigenvalue weighted by Gasteiger charge is -2.35. The summed E-state index contributed by atoms with van der Waals surface area (Å²) < 4.78 is 17.3. The topological polar surface area (TPSA) is 140 Å². The molecule has 3 aromatic carbocycles. The zero-order chi connectivity index (χ0) is 38.8. The van der Waals surface area contributed by atoms with Crippen LogP contribution in [0.15, 0.2) is 89.5 Å². The lowest BCUT2D eigenvalue weighted by Crippen LogP contribution is -2.56. The van der Waals surface area contributed by atoms with Crippen molar-refractivity contribution in [1.29, 1.82) is 0 Å². The van der Waals surface area contributed by atoms with Gasteiger partial charge in [-0.2, -0.15) is 0 Å². The van der Waals surface area contributed by atoms with E-state index in [2.05, 4.69) is 34.9 Å². The summed E-state index contributed by atoms with van der Waals surface area (Å²) in [6, 6.07) is 23.7. The van der Waals surface area contributed by atoms with Crippen molar-refractivity contribution < 1.29 is 33.1 Å². The van der Waals surface area contributed by atoms with Gasteiger partial charge in [-0.3, -0.25) is 14.4 Å². The molecule has 2 aliphatic rings. The number of benzene rings is 3. The minimum absolute atomic E-state index is 0.102. The van der Waals surface area contributed by atoms with Crippen molar-refractivity contribution in [2.24, 2.45) is 11.3 Å². The molecule has 4 aromatic rings. The molecule has 0 bridgehead atoms. The highest BCUT2D eigenvalue weighted by Gasteiger charge is 2.45. The van der Waals surface area contributed by atoms with Crippen LogP contribution in [0, 0.1) is 11.3 Å². The number of aromatic nitrogens is 1. The maximum absolute atomic E-state index is 14.6. The van der Waals surface area contributed by atoms with E-state index in [1.54, 1.807) is 38.9 Å². The fourth-order valence-electron chi connectivity index (χ4n) is 7.23. The van der Waals surface area contributed by atoms with Gasteiger partial charge >= 0.3 is 12.1 Å². The first-order valence-corrected chi connectivity index (χ1v) is 18.5. The number of esters is 1. The molecule has 1 aromatic heterocycles. The van der Waals surface area contributed by atoms with Gasteiger partial charge in [-0.05, 0) is 54.9 Å². The van der Waals surface area contributed by atoms with E-state index in [1.165, 1.54) is 0 Å². The summed E-state index contributed by atoms with van der Waals surface area (Å²) in [5.74, 6) is -1.83. The van der Waals surface area contributed by atoms with Crippen LogP contribution >= 0.6 is 0 Å². The second-order valence-electron chi connectivity index (χ2n) is 16.3. The minimum Gasteiger partial charge on any atom is -0.460 e. The maximum atomic E-state index is 14.6. The summed E-state index contributed by atoms with van der Waals surface area (Å²) in [7, 11) is 0. The molecule has 1 aliphatic heterocycles. The molecule has 2 heterocycles. The van der Waals surface area contributed by atoms with Crippen LogP contribution in [0.1, 0.15) is 90.3 Å². The third-order valence-corrected chi connectivity index (χ3v) is 9.87. The smallest absolute Gasteiger partial charge is 0.407 e. The van der Waals surface area contributed by atoms with Crippen molar-refractivity contribution in [3.63, 3.8) is 0 Å². The zero-order valence-corrected chi connectivity index (χ0v) is 32.1. The molecule has 284 valence electrons. The molecule has 2 N–H and O–H groups in total. The molecule has 1 aliphatic carbocycles. The molecular formula is C43H50N4O7. The molecule has 4 atom stereocenters. The standard InChI is InChI=1S/C43H50N4O7/c1-26(21-36(48)54-43(5,6)7)38(49)46-37(42(2,3)4)40(50)47-23-28(22-35(47)39-45-34(25-52-39)27-15-9-8-10-16-27)44-41(51)53-24-33-31-19-13-11-17-29(31)30-18-12-14-20-32(30)33/h8-20,25-26,28,33,35,37H,21-24H2,1-7H3,(H,44,51)(H,46,49)/t26-,28+,35+,37-/m1/s1. The number of amides is 3. The lowest BCUT2D eigenvalue weighted by molar-refractivity contribution is -0.157. The molecule has 11 heteroatoms. The van der Waals surface area contributed by atoms with Crippen LogP contribution in [-0.2, 0) is 23.9 Å². The number of carbonyl (C=O) groups is 4. The van der Waals surface area contributed by atoms with Crippen molar-refractivity contribution in [2.45, 2.75) is 91.0 Å². The zero-order valence-electron chi connectivity index (χ0n) is 32.1. The fourth-order valence-corrected chi connectivity index (χ4v) is 7.23. The Morgan fingerprint density at radius 2 is 1.50 bits per heavy atom. The van der Waals surface area contributed by atoms with E-state index in [0.717, 1.165) is 27.8 Å². The number of oxazole rings is 1. The third kappa shape index (κ3) is 8.67. The summed E-state index contributed by atoms with van der Waals surface area (Å²) in [4.78, 5) is 60.4. The number of hydrogen-bond acceptors (Lipinski definition) is 8. The van der Waals surface area contributed by atoms with E-state index >= 15 is 0 Å². The van der Waals surface area contributed by atoms with E-state index in [0.29, 0.717) is 18.0 Å². The van der Waals surface area contributed by atoms with Gasteiger partial charge in [0, 0.05) is 23.9 Å². The number of hydrogen-bond donors (Lipinski definition) is 2. The Morgan fingerprint density at radius 3 is 2.11 bits per heavy atom. The predicted octanol–water partition coefficient (Wildman–Crippen LogP) is 7.42. The summed E-state index contributed by atoms with van der Waals surface area (Å²) in [5.41, 5.74) is 4.56. The van der Waals surface area contributed by atoms with Crippen molar-refractivity contribution in [3.8, 4) is 22.4 Å². The van der Waals surface area contributed by atoms with Gasteiger partial charge in [0.2, 0.25) is 17.7 Å². The van der Waals surface area contributed by atoms with E-state index in [-0.39, 0.29) is 31.4 Å². The summed E-state index contributed by atoms with van der Waals surface area (Å²) in [6.07, 6.45) is 1.14. The first-order valence-electron chi connectivity index (χ1n) is 18.5. The largest absolute Gasteiger partial charge is 0.460 e. The highest BCUT2D eigenvalue weighted by Crippen LogP contribution is 2.44. The Hall–Kier alpha value is -5.45. The molecule has 0 unspecified atom stereocenters. The van der Waals surface area contributed by atoms with Crippen LogP contribution in [0.3, 0.4) is 0 Å². The second-order valence-corrected chi connectivity index (χ2v) is 16.3. The van der Waals surface area contributed by atoms with E-state index in [4.69, 9.17) is 18.9 Å². The molecule has 1 saturated heterocycles. The third-order valence-electron chi connectivity index (χ3n) is 9.87. The van der Waals surface area contributed by atoms with Crippen LogP contribution in [-0.4, -0.2) is 64.6 Å². The van der Waals surface area contributed by atoms with E-state index < -0.39 is 53.0 Å². The number of rotatable bonds is 10. The molecule has 0 saturated carbocycles. The van der Waals surface area contributed by atoms with Gasteiger partial charge in [0.25, 0.3) is 0 Å². The normalized spacial score (nSPS) is 17.9. The van der Waals surface area contributed by atoms with E-state index in [1.807, 2.05) is 75.4 Å². The molecule has 6 rings (SSSR count). The van der Waals surface area contributed by atoms with Crippen LogP contribution in [0.25, 0.3) is 22.4 Å². The molecule has 54 heavy (non-hydrogen) atoms. The number of alkyl carbamates (subject to hydrolysis) is 1. The number of nitrogens with one attached hydrogen (secondary N) is 2. The van der Waals surface area contributed by atoms with Gasteiger partial charge in [-0.15, -0.1) is 0 Å². The lowest BCUT2D eigenvalue weighted by atomic mass is 9.85. The number of fused-ring (bicyclic) bond motifs is 3. The fraction of sp³-hybridized carbons (Fsp3) is 0.419. The number of likely N-dealkylation sites (tertiary alicyclic amines) is 1. The summed E-state index contributed by atoms with van der Waals surface area (Å²) in [6.45, 7) is 12.8. The Labute approximate surface area is 316 Å². The minimum atomic E-state index is -0.967. The Balaban J connectivity index is 1.19. The summed E-state index contributed by atoms with van der Waals surface area (Å²) in [5, 5.41) is 5.91. The second kappa shape index (κ2) is 15.5. The van der Waals surface area contributed by atoms with Gasteiger partial charge < -0.3 is 29.4 Å². The SMILES string of the molecule is C[C@H](CC(=O)OC(C)(C)C)C(=O)N[C@H](C(=O)N1C[C@@H](NC(=O)OCC2c3ccccc3-c3ccccc32)C[C@H]1c1nc(-c2ccccc2)co1)C(C)(C)C. The van der Waals surface area contributed by atoms with E-state index in [9.17, 15) is 19.2 Å². The Kier molecular flexibility index (Phi) is 11.0. The van der Waals surface area contributed by atoms with Gasteiger partial charge in [0.05, 0.1) is 12.5 Å². The molecule has 0 radical (unpaired) electrons. The predicted molar refractivity (Wildman–Crippen MR) is 204 cm³/mol. The van der Waals surface area contributed by atoms with Crippen molar-refractivity contribution in [3.05, 3.63) is 102 Å². The average Bonchev–Trinajstić information content (AvgIpc) is 3.85. The van der Waals surface area contributed by atoms with Gasteiger partial charge in [0.1, 0.15) is 36.2 Å². The molecule has 3 amide bonds. The Bertz CT molecular complexity index is 1950. The van der Waals surface area contributed by atoms with Crippen LogP contribution < -0.4 is 10.6 Å². The first kappa shape index (κ1) is 38.3. The molecule has 1 fully saturated rings. The van der Waals surface area contributed by atoms with Crippen molar-refractivity contribution in [1.82, 2.24) is 20.5 Å². The maximum Gasteiger partial charge on any atom is 0.407 e. The van der Waals surface area contributed by atoms with Gasteiger partial charge in [-0.25, -0.2) is 9.78 Å². The van der Waals surface area contributed by atoms with Crippen LogP contribution in [0.5, 0.6) is 0 Å². The molecule has 11 nitrogen and oxygen atoms in total. The van der Waals surface area contributed by atoms with Gasteiger partial charge in [-0.1, -0.05) is 107 Å². The quantitative estimate of drug-likeness (QED) is 0.161. The van der Waals surface area contributed by atoms with Crippen molar-refractivity contribution in [2.75, 3.05) is 13.2 Å². The Morgan fingerprint density at radius 1 is 0.889 bits per heavy atom. The van der Waals surface area contributed by atoms with Crippen LogP contribution in [0.2, 0.25) is 0 Å². The summed E-state index contributed by atoms with van der Waals surface area (Å²) >= 11 is 0. The highest BCUT2D eigenvalue weighted by atomic mass is 16.6. The number of ether oxygens (including phenoxy) is 2. The monoisotopic (exact) mass is 734 g/mol. The average molecular weight is 735 g/mol. The highest BCUT2D eigenvalue weighted by molar-refractivity contribution is 5.91. The van der Waals surface area contributed by atoms with Crippen LogP contribution in [0.4, 0.5) is 4.79 Å². The molecular weight excluding hydrogens is 684 g/mol. The van der Waals surface area contributed by atoms with Crippen molar-refractivity contribution >= 4 is 23.9 Å². The number of carbonyl (C=O) groups excluding carboxylic acids is 4. The first-order chi connectivity index (χ1) is 25.6. The van der Waals surface area contributed by atoms with Gasteiger partial charge in [0.15, 0.2) is 0 Å². The number of nitrogens with zero attached hydrogens (tertiary/aromatic N) is 2.